The molecule has 0 fully saturated rings. The van der Waals surface area contributed by atoms with E-state index in [0.29, 0.717) is 13.0 Å². The van der Waals surface area contributed by atoms with Gasteiger partial charge in [0, 0.05) is 6.42 Å². The third-order valence-corrected chi connectivity index (χ3v) is 8.52. The third kappa shape index (κ3) is 37.0. The summed E-state index contributed by atoms with van der Waals surface area (Å²) in [6, 6.07) is 0. The highest BCUT2D eigenvalue weighted by Gasteiger charge is 2.02. The second kappa shape index (κ2) is 36.1. The number of rotatable bonds is 34. The molecule has 0 aromatic rings. The topological polar surface area (TPSA) is 26.3 Å². The zero-order chi connectivity index (χ0) is 30.6. The van der Waals surface area contributed by atoms with Gasteiger partial charge < -0.3 is 4.74 Å². The summed E-state index contributed by atoms with van der Waals surface area (Å²) in [5.74, 6) is 0.891. The first-order valence-electron chi connectivity index (χ1n) is 19.1. The number of hydrogen-bond donors (Lipinski definition) is 0. The second-order valence-corrected chi connectivity index (χ2v) is 13.4. The minimum absolute atomic E-state index is 0.0118. The maximum Gasteiger partial charge on any atom is 0.305 e. The second-order valence-electron chi connectivity index (χ2n) is 13.4. The Kier molecular flexibility index (Phi) is 35.2. The van der Waals surface area contributed by atoms with Crippen LogP contribution >= 0.6 is 0 Å². The molecule has 0 aliphatic heterocycles. The van der Waals surface area contributed by atoms with E-state index in [-0.39, 0.29) is 5.97 Å². The molecule has 0 N–H and O–H groups in total. The van der Waals surface area contributed by atoms with Gasteiger partial charge in [-0.05, 0) is 50.9 Å². The van der Waals surface area contributed by atoms with E-state index in [1.165, 1.54) is 161 Å². The molecule has 0 atom stereocenters. The molecule has 0 aromatic carbocycles. The summed E-state index contributed by atoms with van der Waals surface area (Å²) >= 11 is 0. The number of allylic oxidation sites excluding steroid dienone is 4. The van der Waals surface area contributed by atoms with E-state index in [0.717, 1.165) is 31.6 Å². The number of carbonyl (C=O) groups excluding carboxylic acids is 1. The van der Waals surface area contributed by atoms with Gasteiger partial charge in [0.15, 0.2) is 0 Å². The van der Waals surface area contributed by atoms with Crippen LogP contribution in [-0.4, -0.2) is 12.6 Å². The Bertz CT molecular complexity index is 576. The number of unbranched alkanes of at least 4 members (excludes halogenated alkanes) is 24. The molecule has 248 valence electrons. The zero-order valence-electron chi connectivity index (χ0n) is 29.1. The van der Waals surface area contributed by atoms with Gasteiger partial charge in [0.25, 0.3) is 0 Å². The van der Waals surface area contributed by atoms with Crippen molar-refractivity contribution in [2.45, 2.75) is 213 Å². The quantitative estimate of drug-likeness (QED) is 0.0424. The fraction of sp³-hybridized carbons (Fsp3) is 0.875. The van der Waals surface area contributed by atoms with Crippen molar-refractivity contribution in [2.24, 2.45) is 5.92 Å². The summed E-state index contributed by atoms with van der Waals surface area (Å²) in [6.45, 7) is 7.55. The van der Waals surface area contributed by atoms with Crippen LogP contribution in [0.25, 0.3) is 0 Å². The van der Waals surface area contributed by atoms with E-state index in [4.69, 9.17) is 4.74 Å². The smallest absolute Gasteiger partial charge is 0.305 e. The van der Waals surface area contributed by atoms with Crippen LogP contribution in [0.1, 0.15) is 213 Å². The lowest BCUT2D eigenvalue weighted by atomic mass is 10.0. The van der Waals surface area contributed by atoms with Gasteiger partial charge in [-0.1, -0.05) is 186 Å². The van der Waals surface area contributed by atoms with Crippen molar-refractivity contribution >= 4 is 5.97 Å². The molecule has 0 aliphatic carbocycles. The molecule has 0 rings (SSSR count). The van der Waals surface area contributed by atoms with Crippen molar-refractivity contribution in [3.63, 3.8) is 0 Å². The van der Waals surface area contributed by atoms with Crippen molar-refractivity contribution in [1.29, 1.82) is 0 Å². The Balaban J connectivity index is 3.21. The van der Waals surface area contributed by atoms with Gasteiger partial charge in [-0.3, -0.25) is 4.79 Å². The highest BCUT2D eigenvalue weighted by molar-refractivity contribution is 5.69. The molecule has 0 heterocycles. The number of esters is 1. The maximum atomic E-state index is 11.9. The molecule has 0 saturated heterocycles. The minimum Gasteiger partial charge on any atom is -0.466 e. The number of carbonyl (C=O) groups is 1. The van der Waals surface area contributed by atoms with E-state index in [9.17, 15) is 4.79 Å². The zero-order valence-corrected chi connectivity index (χ0v) is 29.1. The van der Waals surface area contributed by atoms with Gasteiger partial charge in [-0.2, -0.15) is 0 Å². The van der Waals surface area contributed by atoms with Crippen molar-refractivity contribution in [3.05, 3.63) is 24.3 Å². The first kappa shape index (κ1) is 41.0. The van der Waals surface area contributed by atoms with Crippen LogP contribution in [0.15, 0.2) is 24.3 Å². The summed E-state index contributed by atoms with van der Waals surface area (Å²) in [5.41, 5.74) is 0. The first-order valence-corrected chi connectivity index (χ1v) is 19.1. The minimum atomic E-state index is 0.0118. The molecule has 0 amide bonds. The Morgan fingerprint density at radius 2 is 0.905 bits per heavy atom. The lowest BCUT2D eigenvalue weighted by Crippen LogP contribution is -2.05. The molecule has 42 heavy (non-hydrogen) atoms. The lowest BCUT2D eigenvalue weighted by molar-refractivity contribution is -0.143. The van der Waals surface area contributed by atoms with Gasteiger partial charge in [0.1, 0.15) is 0 Å². The van der Waals surface area contributed by atoms with Crippen LogP contribution < -0.4 is 0 Å². The largest absolute Gasteiger partial charge is 0.466 e. The molecule has 2 heteroatoms. The van der Waals surface area contributed by atoms with Crippen molar-refractivity contribution in [2.75, 3.05) is 6.61 Å². The Morgan fingerprint density at radius 3 is 1.38 bits per heavy atom. The lowest BCUT2D eigenvalue weighted by Gasteiger charge is -2.06. The fourth-order valence-electron chi connectivity index (χ4n) is 5.65. The van der Waals surface area contributed by atoms with Crippen LogP contribution in [0.5, 0.6) is 0 Å². The number of hydrogen-bond acceptors (Lipinski definition) is 2. The van der Waals surface area contributed by atoms with E-state index in [1.54, 1.807) is 0 Å². The van der Waals surface area contributed by atoms with Crippen LogP contribution in [0.3, 0.4) is 0 Å². The maximum absolute atomic E-state index is 11.9. The molecule has 0 aliphatic rings. The molecule has 0 radical (unpaired) electrons. The standard InChI is InChI=1S/C40H76O2/c1-4-5-6-7-8-9-10-11-15-19-22-25-28-31-34-37-40(41)42-38-35-32-29-26-23-20-17-14-12-13-16-18-21-24-27-30-33-36-39(2)3/h8-9,11,15,39H,4-7,10,12-14,16-38H2,1-3H3/b9-8-,15-11-. The molecule has 0 saturated carbocycles. The SMILES string of the molecule is CCCCC/C=C\C/C=C\CCCCCCCC(=O)OCCCCCCCCCCCCCCCCCCCC(C)C. The van der Waals surface area contributed by atoms with Crippen molar-refractivity contribution in [3.8, 4) is 0 Å². The first-order chi connectivity index (χ1) is 20.7. The van der Waals surface area contributed by atoms with E-state index >= 15 is 0 Å². The fourth-order valence-corrected chi connectivity index (χ4v) is 5.65. The van der Waals surface area contributed by atoms with Crippen LogP contribution in [0.2, 0.25) is 0 Å². The Morgan fingerprint density at radius 1 is 0.500 bits per heavy atom. The summed E-state index contributed by atoms with van der Waals surface area (Å²) in [6.07, 6.45) is 48.2. The van der Waals surface area contributed by atoms with Crippen molar-refractivity contribution in [1.82, 2.24) is 0 Å². The molecular formula is C40H76O2. The number of ether oxygens (including phenoxy) is 1. The molecule has 2 nitrogen and oxygen atoms in total. The molecule has 0 unspecified atom stereocenters. The average Bonchev–Trinajstić information content (AvgIpc) is 2.98. The van der Waals surface area contributed by atoms with E-state index < -0.39 is 0 Å². The van der Waals surface area contributed by atoms with Gasteiger partial charge in [0.05, 0.1) is 6.61 Å². The highest BCUT2D eigenvalue weighted by Crippen LogP contribution is 2.15. The van der Waals surface area contributed by atoms with Crippen molar-refractivity contribution < 1.29 is 9.53 Å². The normalized spacial score (nSPS) is 11.9. The Hall–Kier alpha value is -1.05. The van der Waals surface area contributed by atoms with E-state index in [2.05, 4.69) is 45.1 Å². The molecule has 0 spiro atoms. The summed E-state index contributed by atoms with van der Waals surface area (Å²) in [4.78, 5) is 11.9. The monoisotopic (exact) mass is 589 g/mol. The van der Waals surface area contributed by atoms with Gasteiger partial charge in [0.2, 0.25) is 0 Å². The van der Waals surface area contributed by atoms with Crippen LogP contribution in [0, 0.1) is 5.92 Å². The third-order valence-electron chi connectivity index (χ3n) is 8.52. The molecular weight excluding hydrogens is 512 g/mol. The predicted molar refractivity (Wildman–Crippen MR) is 188 cm³/mol. The van der Waals surface area contributed by atoms with E-state index in [1.807, 2.05) is 0 Å². The van der Waals surface area contributed by atoms with Crippen LogP contribution in [0.4, 0.5) is 0 Å². The summed E-state index contributed by atoms with van der Waals surface area (Å²) in [5, 5.41) is 0. The average molecular weight is 589 g/mol. The highest BCUT2D eigenvalue weighted by atomic mass is 16.5. The molecule has 0 aromatic heterocycles. The van der Waals surface area contributed by atoms with Gasteiger partial charge >= 0.3 is 5.97 Å². The van der Waals surface area contributed by atoms with Crippen LogP contribution in [-0.2, 0) is 9.53 Å². The van der Waals surface area contributed by atoms with Gasteiger partial charge in [-0.15, -0.1) is 0 Å². The predicted octanol–water partition coefficient (Wildman–Crippen LogP) is 14.0. The van der Waals surface area contributed by atoms with Gasteiger partial charge in [-0.25, -0.2) is 0 Å². The Labute approximate surface area is 265 Å². The summed E-state index contributed by atoms with van der Waals surface area (Å²) < 4.78 is 5.44. The summed E-state index contributed by atoms with van der Waals surface area (Å²) in [7, 11) is 0. The molecule has 0 bridgehead atoms.